The number of rotatable bonds is 2. The smallest absolute Gasteiger partial charge is 0.00853 e. The number of benzene rings is 1. The third-order valence-corrected chi connectivity index (χ3v) is 4.78. The monoisotopic (exact) mass is 252 g/mol. The molecule has 2 aliphatic carbocycles. The molecule has 1 aromatic carbocycles. The molecule has 1 aromatic rings. The number of fused-ring (bicyclic) bond motifs is 1. The molecule has 1 saturated carbocycles. The van der Waals surface area contributed by atoms with E-state index in [1.54, 1.807) is 0 Å². The molecule has 0 amide bonds. The van der Waals surface area contributed by atoms with Crippen LogP contribution in [0.5, 0.6) is 0 Å². The van der Waals surface area contributed by atoms with Gasteiger partial charge in [0, 0.05) is 0 Å². The first-order valence-electron chi connectivity index (χ1n) is 7.81. The zero-order chi connectivity index (χ0) is 13.1. The highest BCUT2D eigenvalue weighted by Gasteiger charge is 2.19. The van der Waals surface area contributed by atoms with Gasteiger partial charge in [0.1, 0.15) is 0 Å². The van der Waals surface area contributed by atoms with Crippen LogP contribution in [-0.2, 0) is 6.42 Å². The average molecular weight is 252 g/mol. The van der Waals surface area contributed by atoms with E-state index in [4.69, 9.17) is 0 Å². The van der Waals surface area contributed by atoms with Gasteiger partial charge in [-0.05, 0) is 41.0 Å². The van der Waals surface area contributed by atoms with Gasteiger partial charge in [-0.1, -0.05) is 75.4 Å². The predicted octanol–water partition coefficient (Wildman–Crippen LogP) is 5.54. The van der Waals surface area contributed by atoms with Crippen LogP contribution >= 0.6 is 0 Å². The molecule has 0 aliphatic heterocycles. The summed E-state index contributed by atoms with van der Waals surface area (Å²) >= 11 is 0. The highest BCUT2D eigenvalue weighted by Crippen LogP contribution is 2.36. The molecule has 1 fully saturated rings. The van der Waals surface area contributed by atoms with Crippen molar-refractivity contribution >= 4 is 5.57 Å². The van der Waals surface area contributed by atoms with Crippen molar-refractivity contribution in [2.24, 2.45) is 5.92 Å². The first-order chi connectivity index (χ1) is 9.34. The number of allylic oxidation sites excluding steroid dienone is 3. The highest BCUT2D eigenvalue weighted by atomic mass is 14.2. The van der Waals surface area contributed by atoms with Gasteiger partial charge in [-0.3, -0.25) is 0 Å². The average Bonchev–Trinajstić information content (AvgIpc) is 2.71. The molecule has 100 valence electrons. The summed E-state index contributed by atoms with van der Waals surface area (Å²) in [5.41, 5.74) is 5.63. The molecular formula is C19H24. The highest BCUT2D eigenvalue weighted by molar-refractivity contribution is 5.81. The third-order valence-electron chi connectivity index (χ3n) is 4.78. The second-order valence-corrected chi connectivity index (χ2v) is 6.13. The fourth-order valence-corrected chi connectivity index (χ4v) is 3.61. The Morgan fingerprint density at radius 3 is 2.53 bits per heavy atom. The molecule has 0 radical (unpaired) electrons. The molecule has 0 bridgehead atoms. The Morgan fingerprint density at radius 1 is 1.00 bits per heavy atom. The zero-order valence-electron chi connectivity index (χ0n) is 11.8. The minimum Gasteiger partial charge on any atom is -0.0909 e. The van der Waals surface area contributed by atoms with Gasteiger partial charge in [-0.15, -0.1) is 0 Å². The summed E-state index contributed by atoms with van der Waals surface area (Å²) in [6.07, 6.45) is 13.4. The lowest BCUT2D eigenvalue weighted by Crippen LogP contribution is -2.06. The van der Waals surface area contributed by atoms with Gasteiger partial charge in [0.05, 0.1) is 0 Å². The van der Waals surface area contributed by atoms with Gasteiger partial charge in [0.15, 0.2) is 0 Å². The molecule has 0 heteroatoms. The lowest BCUT2D eigenvalue weighted by Gasteiger charge is -2.23. The maximum Gasteiger partial charge on any atom is -0.00853 e. The number of hydrogen-bond donors (Lipinski definition) is 0. The lowest BCUT2D eigenvalue weighted by molar-refractivity contribution is 0.460. The van der Waals surface area contributed by atoms with Gasteiger partial charge in [0.2, 0.25) is 0 Å². The minimum atomic E-state index is 0.899. The summed E-state index contributed by atoms with van der Waals surface area (Å²) in [6, 6.07) is 8.74. The fourth-order valence-electron chi connectivity index (χ4n) is 3.61. The van der Waals surface area contributed by atoms with Crippen LogP contribution in [0.3, 0.4) is 0 Å². The molecule has 0 saturated heterocycles. The van der Waals surface area contributed by atoms with Gasteiger partial charge in [-0.2, -0.15) is 0 Å². The van der Waals surface area contributed by atoms with E-state index in [1.807, 2.05) is 0 Å². The maximum absolute atomic E-state index is 4.36. The van der Waals surface area contributed by atoms with Crippen molar-refractivity contribution in [3.05, 3.63) is 53.6 Å². The summed E-state index contributed by atoms with van der Waals surface area (Å²) in [5, 5.41) is 0. The Bertz CT molecular complexity index is 485. The van der Waals surface area contributed by atoms with Gasteiger partial charge in [-0.25, -0.2) is 0 Å². The van der Waals surface area contributed by atoms with Crippen LogP contribution < -0.4 is 0 Å². The molecule has 0 spiro atoms. The molecule has 0 aromatic heterocycles. The molecule has 0 nitrogen and oxygen atoms in total. The van der Waals surface area contributed by atoms with Crippen LogP contribution in [0.25, 0.3) is 5.57 Å². The van der Waals surface area contributed by atoms with Crippen LogP contribution in [0.15, 0.2) is 42.5 Å². The minimum absolute atomic E-state index is 0.899. The molecule has 0 atom stereocenters. The van der Waals surface area contributed by atoms with Crippen molar-refractivity contribution < 1.29 is 0 Å². The van der Waals surface area contributed by atoms with E-state index >= 15 is 0 Å². The first kappa shape index (κ1) is 12.7. The summed E-state index contributed by atoms with van der Waals surface area (Å²) < 4.78 is 0. The predicted molar refractivity (Wildman–Crippen MR) is 83.1 cm³/mol. The van der Waals surface area contributed by atoms with E-state index in [9.17, 15) is 0 Å². The Balaban J connectivity index is 1.72. The van der Waals surface area contributed by atoms with Gasteiger partial charge >= 0.3 is 0 Å². The standard InChI is InChI=1S/C19H24/c1-15-18(14-16-8-4-2-3-5-9-16)13-12-17-10-6-7-11-19(15)17/h6-7,10-11,13,16H,1-5,8-9,12,14H2. The van der Waals surface area contributed by atoms with Crippen LogP contribution in [0.4, 0.5) is 0 Å². The zero-order valence-corrected chi connectivity index (χ0v) is 11.8. The molecule has 19 heavy (non-hydrogen) atoms. The van der Waals surface area contributed by atoms with Crippen molar-refractivity contribution in [3.63, 3.8) is 0 Å². The van der Waals surface area contributed by atoms with Crippen molar-refractivity contribution in [3.8, 4) is 0 Å². The van der Waals surface area contributed by atoms with E-state index in [-0.39, 0.29) is 0 Å². The SMILES string of the molecule is C=C1C(CC2CCCCCC2)=CCc2ccccc21. The lowest BCUT2D eigenvalue weighted by atomic mass is 9.82. The first-order valence-corrected chi connectivity index (χ1v) is 7.81. The molecule has 2 aliphatic rings. The van der Waals surface area contributed by atoms with E-state index in [0.29, 0.717) is 0 Å². The summed E-state index contributed by atoms with van der Waals surface area (Å²) in [7, 11) is 0. The molecule has 3 rings (SSSR count). The Labute approximate surface area is 117 Å². The summed E-state index contributed by atoms with van der Waals surface area (Å²) in [4.78, 5) is 0. The van der Waals surface area contributed by atoms with Crippen LogP contribution in [0, 0.1) is 5.92 Å². The number of hydrogen-bond acceptors (Lipinski definition) is 0. The fraction of sp³-hybridized carbons (Fsp3) is 0.474. The Morgan fingerprint density at radius 2 is 1.74 bits per heavy atom. The van der Waals surface area contributed by atoms with Crippen LogP contribution in [0.2, 0.25) is 0 Å². The van der Waals surface area contributed by atoms with Crippen molar-refractivity contribution in [1.82, 2.24) is 0 Å². The van der Waals surface area contributed by atoms with E-state index < -0.39 is 0 Å². The third kappa shape index (κ3) is 2.83. The van der Waals surface area contributed by atoms with Crippen molar-refractivity contribution in [2.75, 3.05) is 0 Å². The second kappa shape index (κ2) is 5.77. The quantitative estimate of drug-likeness (QED) is 0.606. The van der Waals surface area contributed by atoms with Crippen LogP contribution in [0.1, 0.15) is 56.1 Å². The summed E-state index contributed by atoms with van der Waals surface area (Å²) in [6.45, 7) is 4.36. The Kier molecular flexibility index (Phi) is 3.87. The normalized spacial score (nSPS) is 20.6. The van der Waals surface area contributed by atoms with Crippen LogP contribution in [-0.4, -0.2) is 0 Å². The summed E-state index contributed by atoms with van der Waals surface area (Å²) in [5.74, 6) is 0.899. The van der Waals surface area contributed by atoms with Gasteiger partial charge < -0.3 is 0 Å². The molecule has 0 N–H and O–H groups in total. The van der Waals surface area contributed by atoms with E-state index in [2.05, 4.69) is 36.9 Å². The molecular weight excluding hydrogens is 228 g/mol. The van der Waals surface area contributed by atoms with E-state index in [1.165, 1.54) is 67.2 Å². The molecule has 0 unspecified atom stereocenters. The van der Waals surface area contributed by atoms with E-state index in [0.717, 1.165) is 12.3 Å². The van der Waals surface area contributed by atoms with Gasteiger partial charge in [0.25, 0.3) is 0 Å². The topological polar surface area (TPSA) is 0 Å². The van der Waals surface area contributed by atoms with Crippen molar-refractivity contribution in [2.45, 2.75) is 51.4 Å². The largest absolute Gasteiger partial charge is 0.0909 e. The second-order valence-electron chi connectivity index (χ2n) is 6.13. The molecule has 0 heterocycles. The maximum atomic E-state index is 4.36. The Hall–Kier alpha value is -1.30. The van der Waals surface area contributed by atoms with Crippen molar-refractivity contribution in [1.29, 1.82) is 0 Å².